The summed E-state index contributed by atoms with van der Waals surface area (Å²) in [6.45, 7) is 4.62. The Morgan fingerprint density at radius 1 is 1.47 bits per heavy atom. The minimum atomic E-state index is 0.550. The SMILES string of the molecule is CCCCCOc1c(C#N)c(C)nn1C. The Kier molecular flexibility index (Phi) is 4.17. The van der Waals surface area contributed by atoms with Gasteiger partial charge < -0.3 is 4.74 Å². The van der Waals surface area contributed by atoms with Crippen LogP contribution in [0, 0.1) is 18.3 Å². The molecule has 0 N–H and O–H groups in total. The standard InChI is InChI=1S/C11H17N3O/c1-4-5-6-7-15-11-10(8-12)9(2)13-14(11)3/h4-7H2,1-3H3. The second-order valence-corrected chi connectivity index (χ2v) is 3.56. The molecule has 0 radical (unpaired) electrons. The fourth-order valence-electron chi connectivity index (χ4n) is 1.45. The van der Waals surface area contributed by atoms with Gasteiger partial charge in [0, 0.05) is 7.05 Å². The van der Waals surface area contributed by atoms with Crippen molar-refractivity contribution >= 4 is 0 Å². The zero-order chi connectivity index (χ0) is 11.3. The second-order valence-electron chi connectivity index (χ2n) is 3.56. The summed E-state index contributed by atoms with van der Waals surface area (Å²) in [7, 11) is 1.79. The van der Waals surface area contributed by atoms with Crippen LogP contribution >= 0.6 is 0 Å². The Bertz CT molecular complexity index is 363. The first-order valence-electron chi connectivity index (χ1n) is 5.27. The van der Waals surface area contributed by atoms with Gasteiger partial charge in [-0.1, -0.05) is 19.8 Å². The lowest BCUT2D eigenvalue weighted by Crippen LogP contribution is -2.03. The van der Waals surface area contributed by atoms with Crippen LogP contribution in [0.2, 0.25) is 0 Å². The summed E-state index contributed by atoms with van der Waals surface area (Å²) < 4.78 is 7.18. The summed E-state index contributed by atoms with van der Waals surface area (Å²) in [5, 5.41) is 13.1. The van der Waals surface area contributed by atoms with Crippen LogP contribution < -0.4 is 4.74 Å². The van der Waals surface area contributed by atoms with Crippen LogP contribution in [-0.2, 0) is 7.05 Å². The normalized spacial score (nSPS) is 10.0. The third-order valence-electron chi connectivity index (χ3n) is 2.27. The van der Waals surface area contributed by atoms with E-state index in [9.17, 15) is 0 Å². The van der Waals surface area contributed by atoms with Gasteiger partial charge in [0.1, 0.15) is 11.6 Å². The number of ether oxygens (including phenoxy) is 1. The third kappa shape index (κ3) is 2.72. The minimum Gasteiger partial charge on any atom is -0.477 e. The number of aryl methyl sites for hydroxylation is 2. The van der Waals surface area contributed by atoms with E-state index < -0.39 is 0 Å². The van der Waals surface area contributed by atoms with Crippen molar-refractivity contribution in [1.82, 2.24) is 9.78 Å². The molecule has 0 aromatic carbocycles. The highest BCUT2D eigenvalue weighted by molar-refractivity contribution is 5.41. The molecular weight excluding hydrogens is 190 g/mol. The van der Waals surface area contributed by atoms with E-state index in [2.05, 4.69) is 18.1 Å². The van der Waals surface area contributed by atoms with E-state index in [0.717, 1.165) is 18.5 Å². The molecule has 0 unspecified atom stereocenters. The van der Waals surface area contributed by atoms with Gasteiger partial charge in [0.2, 0.25) is 5.88 Å². The molecule has 0 spiro atoms. The zero-order valence-corrected chi connectivity index (χ0v) is 9.58. The van der Waals surface area contributed by atoms with E-state index in [1.165, 1.54) is 6.42 Å². The molecule has 0 bridgehead atoms. The molecule has 0 saturated heterocycles. The zero-order valence-electron chi connectivity index (χ0n) is 9.58. The summed E-state index contributed by atoms with van der Waals surface area (Å²) in [4.78, 5) is 0. The molecule has 0 amide bonds. The van der Waals surface area contributed by atoms with Gasteiger partial charge in [-0.25, -0.2) is 4.68 Å². The average molecular weight is 207 g/mol. The first kappa shape index (κ1) is 11.6. The van der Waals surface area contributed by atoms with Gasteiger partial charge in [-0.15, -0.1) is 0 Å². The maximum absolute atomic E-state index is 8.93. The van der Waals surface area contributed by atoms with Gasteiger partial charge in [-0.2, -0.15) is 10.4 Å². The smallest absolute Gasteiger partial charge is 0.230 e. The van der Waals surface area contributed by atoms with Gasteiger partial charge in [0.15, 0.2) is 0 Å². The van der Waals surface area contributed by atoms with Crippen LogP contribution in [0.5, 0.6) is 5.88 Å². The van der Waals surface area contributed by atoms with Gasteiger partial charge in [-0.3, -0.25) is 0 Å². The fraction of sp³-hybridized carbons (Fsp3) is 0.636. The highest BCUT2D eigenvalue weighted by Crippen LogP contribution is 2.20. The lowest BCUT2D eigenvalue weighted by atomic mass is 10.2. The van der Waals surface area contributed by atoms with Crippen molar-refractivity contribution in [3.05, 3.63) is 11.3 Å². The van der Waals surface area contributed by atoms with Crippen molar-refractivity contribution in [3.63, 3.8) is 0 Å². The van der Waals surface area contributed by atoms with E-state index in [0.29, 0.717) is 18.1 Å². The van der Waals surface area contributed by atoms with Crippen molar-refractivity contribution in [2.24, 2.45) is 7.05 Å². The maximum Gasteiger partial charge on any atom is 0.230 e. The van der Waals surface area contributed by atoms with Crippen LogP contribution in [0.4, 0.5) is 0 Å². The summed E-state index contributed by atoms with van der Waals surface area (Å²) in [5.41, 5.74) is 1.28. The summed E-state index contributed by atoms with van der Waals surface area (Å²) in [5.74, 6) is 0.589. The van der Waals surface area contributed by atoms with Gasteiger partial charge in [0.05, 0.1) is 12.3 Å². The molecule has 0 saturated carbocycles. The molecule has 1 aromatic rings. The summed E-state index contributed by atoms with van der Waals surface area (Å²) in [6, 6.07) is 2.12. The highest BCUT2D eigenvalue weighted by atomic mass is 16.5. The number of nitriles is 1. The van der Waals surface area contributed by atoms with Gasteiger partial charge >= 0.3 is 0 Å². The molecule has 82 valence electrons. The van der Waals surface area contributed by atoms with Crippen LogP contribution in [0.25, 0.3) is 0 Å². The number of aromatic nitrogens is 2. The quantitative estimate of drug-likeness (QED) is 0.695. The van der Waals surface area contributed by atoms with Gasteiger partial charge in [-0.05, 0) is 13.3 Å². The molecule has 0 aliphatic heterocycles. The second kappa shape index (κ2) is 5.40. The molecule has 4 heteroatoms. The molecule has 15 heavy (non-hydrogen) atoms. The van der Waals surface area contributed by atoms with Crippen molar-refractivity contribution in [2.45, 2.75) is 33.1 Å². The van der Waals surface area contributed by atoms with Crippen LogP contribution in [0.1, 0.15) is 37.4 Å². The van der Waals surface area contributed by atoms with E-state index in [1.807, 2.05) is 6.92 Å². The Labute approximate surface area is 90.5 Å². The van der Waals surface area contributed by atoms with E-state index >= 15 is 0 Å². The van der Waals surface area contributed by atoms with Crippen molar-refractivity contribution in [3.8, 4) is 11.9 Å². The Balaban J connectivity index is 2.64. The molecule has 4 nitrogen and oxygen atoms in total. The monoisotopic (exact) mass is 207 g/mol. The number of rotatable bonds is 5. The Morgan fingerprint density at radius 3 is 2.80 bits per heavy atom. The summed E-state index contributed by atoms with van der Waals surface area (Å²) >= 11 is 0. The molecule has 0 aliphatic carbocycles. The van der Waals surface area contributed by atoms with Crippen LogP contribution in [0.3, 0.4) is 0 Å². The Hall–Kier alpha value is -1.50. The van der Waals surface area contributed by atoms with Gasteiger partial charge in [0.25, 0.3) is 0 Å². The molecular formula is C11H17N3O. The van der Waals surface area contributed by atoms with Crippen molar-refractivity contribution in [1.29, 1.82) is 5.26 Å². The van der Waals surface area contributed by atoms with E-state index in [-0.39, 0.29) is 0 Å². The number of nitrogens with zero attached hydrogens (tertiary/aromatic N) is 3. The van der Waals surface area contributed by atoms with Crippen LogP contribution in [-0.4, -0.2) is 16.4 Å². The largest absolute Gasteiger partial charge is 0.477 e. The minimum absolute atomic E-state index is 0.550. The van der Waals surface area contributed by atoms with Crippen LogP contribution in [0.15, 0.2) is 0 Å². The number of hydrogen-bond acceptors (Lipinski definition) is 3. The molecule has 1 aromatic heterocycles. The topological polar surface area (TPSA) is 50.8 Å². The molecule has 0 aliphatic rings. The van der Waals surface area contributed by atoms with E-state index in [4.69, 9.17) is 10.00 Å². The number of hydrogen-bond donors (Lipinski definition) is 0. The summed E-state index contributed by atoms with van der Waals surface area (Å²) in [6.07, 6.45) is 3.34. The average Bonchev–Trinajstić information content (AvgIpc) is 2.48. The molecule has 0 fully saturated rings. The first-order chi connectivity index (χ1) is 7.20. The lowest BCUT2D eigenvalue weighted by molar-refractivity contribution is 0.280. The van der Waals surface area contributed by atoms with E-state index in [1.54, 1.807) is 11.7 Å². The predicted octanol–water partition coefficient (Wildman–Crippen LogP) is 2.17. The Morgan fingerprint density at radius 2 is 2.20 bits per heavy atom. The maximum atomic E-state index is 8.93. The third-order valence-corrected chi connectivity index (χ3v) is 2.27. The lowest BCUT2D eigenvalue weighted by Gasteiger charge is -2.05. The molecule has 1 rings (SSSR count). The fourth-order valence-corrected chi connectivity index (χ4v) is 1.45. The molecule has 0 atom stereocenters. The molecule has 1 heterocycles. The van der Waals surface area contributed by atoms with Crippen molar-refractivity contribution in [2.75, 3.05) is 6.61 Å². The van der Waals surface area contributed by atoms with Crippen molar-refractivity contribution < 1.29 is 4.74 Å². The number of unbranched alkanes of at least 4 members (excludes halogenated alkanes) is 2. The predicted molar refractivity (Wildman–Crippen MR) is 57.7 cm³/mol. The first-order valence-corrected chi connectivity index (χ1v) is 5.27. The highest BCUT2D eigenvalue weighted by Gasteiger charge is 2.13.